The van der Waals surface area contributed by atoms with Crippen LogP contribution in [0.2, 0.25) is 0 Å². The smallest absolute Gasteiger partial charge is 0.219 e. The van der Waals surface area contributed by atoms with Crippen LogP contribution in [0.25, 0.3) is 0 Å². The van der Waals surface area contributed by atoms with E-state index >= 15 is 0 Å². The number of halogens is 1. The van der Waals surface area contributed by atoms with Gasteiger partial charge in [0.2, 0.25) is 13.1 Å². The fourth-order valence-electron chi connectivity index (χ4n) is 2.29. The number of rotatable bonds is 8. The van der Waals surface area contributed by atoms with Crippen molar-refractivity contribution in [3.63, 3.8) is 0 Å². The third kappa shape index (κ3) is 5.72. The minimum atomic E-state index is -0.363. The monoisotopic (exact) mass is 323 g/mol. The van der Waals surface area contributed by atoms with Crippen molar-refractivity contribution >= 4 is 15.9 Å². The molecule has 0 radical (unpaired) electrons. The summed E-state index contributed by atoms with van der Waals surface area (Å²) >= 11 is 3.25. The van der Waals surface area contributed by atoms with Gasteiger partial charge in [-0.2, -0.15) is 0 Å². The number of nitrogens with zero attached hydrogens (tertiary/aromatic N) is 3. The maximum absolute atomic E-state index is 10.6. The van der Waals surface area contributed by atoms with Gasteiger partial charge < -0.3 is 0 Å². The minimum Gasteiger partial charge on any atom is -0.294 e. The Labute approximate surface area is 114 Å². The predicted molar refractivity (Wildman–Crippen MR) is 70.3 cm³/mol. The maximum Gasteiger partial charge on any atom is 0.219 e. The minimum absolute atomic E-state index is 0.0712. The SMILES string of the molecule is O=[N+]([O-])CC(Br)CCC(C[N+](=O)[O-])N1CCCC1. The zero-order valence-electron chi connectivity index (χ0n) is 10.2. The van der Waals surface area contributed by atoms with Crippen molar-refractivity contribution in [2.24, 2.45) is 0 Å². The first-order valence-corrected chi connectivity index (χ1v) is 7.02. The van der Waals surface area contributed by atoms with E-state index in [0.717, 1.165) is 25.9 Å². The predicted octanol–water partition coefficient (Wildman–Crippen LogP) is 1.55. The third-order valence-electron chi connectivity index (χ3n) is 3.18. The Kier molecular flexibility index (Phi) is 6.48. The first kappa shape index (κ1) is 15.3. The lowest BCUT2D eigenvalue weighted by atomic mass is 10.1. The molecule has 0 saturated carbocycles. The van der Waals surface area contributed by atoms with Crippen LogP contribution >= 0.6 is 15.9 Å². The quantitative estimate of drug-likeness (QED) is 0.384. The molecule has 0 aliphatic carbocycles. The molecule has 1 saturated heterocycles. The van der Waals surface area contributed by atoms with E-state index in [1.807, 2.05) is 0 Å². The van der Waals surface area contributed by atoms with Crippen molar-refractivity contribution in [3.8, 4) is 0 Å². The van der Waals surface area contributed by atoms with Crippen molar-refractivity contribution in [1.82, 2.24) is 4.90 Å². The number of likely N-dealkylation sites (tertiary alicyclic amines) is 1. The molecule has 8 heteroatoms. The van der Waals surface area contributed by atoms with Crippen LogP contribution in [0.15, 0.2) is 0 Å². The molecule has 1 aliphatic heterocycles. The molecular formula is C10H18BrN3O4. The van der Waals surface area contributed by atoms with Gasteiger partial charge in [0.25, 0.3) is 0 Å². The average molecular weight is 324 g/mol. The van der Waals surface area contributed by atoms with Gasteiger partial charge in [-0.25, -0.2) is 0 Å². The molecule has 7 nitrogen and oxygen atoms in total. The van der Waals surface area contributed by atoms with Crippen LogP contribution in [-0.2, 0) is 0 Å². The van der Waals surface area contributed by atoms with E-state index in [2.05, 4.69) is 20.8 Å². The Balaban J connectivity index is 2.40. The van der Waals surface area contributed by atoms with Crippen LogP contribution in [-0.4, -0.2) is 51.8 Å². The maximum atomic E-state index is 10.6. The highest BCUT2D eigenvalue weighted by atomic mass is 79.9. The van der Waals surface area contributed by atoms with Gasteiger partial charge >= 0.3 is 0 Å². The Bertz CT molecular complexity index is 297. The second-order valence-corrected chi connectivity index (χ2v) is 5.90. The summed E-state index contributed by atoms with van der Waals surface area (Å²) in [5.74, 6) is 0. The van der Waals surface area contributed by atoms with Crippen molar-refractivity contribution in [1.29, 1.82) is 0 Å². The van der Waals surface area contributed by atoms with E-state index < -0.39 is 0 Å². The molecule has 2 atom stereocenters. The Hall–Kier alpha value is -0.760. The zero-order valence-corrected chi connectivity index (χ0v) is 11.8. The van der Waals surface area contributed by atoms with Crippen LogP contribution in [0.1, 0.15) is 25.7 Å². The molecule has 0 amide bonds. The molecular weight excluding hydrogens is 306 g/mol. The highest BCUT2D eigenvalue weighted by molar-refractivity contribution is 9.09. The summed E-state index contributed by atoms with van der Waals surface area (Å²) in [6.45, 7) is 1.60. The van der Waals surface area contributed by atoms with Gasteiger partial charge in [0.1, 0.15) is 0 Å². The van der Waals surface area contributed by atoms with Gasteiger partial charge in [0, 0.05) is 9.85 Å². The van der Waals surface area contributed by atoms with E-state index in [1.54, 1.807) is 0 Å². The second-order valence-electron chi connectivity index (χ2n) is 4.60. The molecule has 2 unspecified atom stereocenters. The summed E-state index contributed by atoms with van der Waals surface area (Å²) < 4.78 is 0. The van der Waals surface area contributed by atoms with Crippen LogP contribution in [0.4, 0.5) is 0 Å². The molecule has 0 aromatic carbocycles. The third-order valence-corrected chi connectivity index (χ3v) is 3.92. The lowest BCUT2D eigenvalue weighted by Crippen LogP contribution is -2.38. The summed E-state index contributed by atoms with van der Waals surface area (Å²) in [6.07, 6.45) is 3.39. The van der Waals surface area contributed by atoms with Gasteiger partial charge in [-0.3, -0.25) is 25.1 Å². The van der Waals surface area contributed by atoms with Crippen molar-refractivity contribution in [2.45, 2.75) is 36.6 Å². The molecule has 1 aliphatic rings. The van der Waals surface area contributed by atoms with E-state index in [4.69, 9.17) is 0 Å². The second kappa shape index (κ2) is 7.63. The van der Waals surface area contributed by atoms with Crippen LogP contribution in [0.3, 0.4) is 0 Å². The standard InChI is InChI=1S/C10H18BrN3O4/c11-9(7-13(15)16)3-4-10(8-14(17)18)12-5-1-2-6-12/h9-10H,1-8H2. The molecule has 0 aromatic heterocycles. The van der Waals surface area contributed by atoms with E-state index in [9.17, 15) is 20.2 Å². The molecule has 1 heterocycles. The first-order chi connectivity index (χ1) is 8.49. The fourth-order valence-corrected chi connectivity index (χ4v) is 2.80. The number of alkyl halides is 1. The molecule has 0 N–H and O–H groups in total. The zero-order chi connectivity index (χ0) is 13.5. The van der Waals surface area contributed by atoms with E-state index in [1.165, 1.54) is 0 Å². The Morgan fingerprint density at radius 2 is 1.61 bits per heavy atom. The summed E-state index contributed by atoms with van der Waals surface area (Å²) in [5, 5.41) is 21.0. The van der Waals surface area contributed by atoms with Crippen LogP contribution in [0.5, 0.6) is 0 Å². The van der Waals surface area contributed by atoms with E-state index in [-0.39, 0.29) is 33.8 Å². The largest absolute Gasteiger partial charge is 0.294 e. The highest BCUT2D eigenvalue weighted by Crippen LogP contribution is 2.18. The molecule has 18 heavy (non-hydrogen) atoms. The first-order valence-electron chi connectivity index (χ1n) is 6.10. The highest BCUT2D eigenvalue weighted by Gasteiger charge is 2.27. The number of hydrogen-bond donors (Lipinski definition) is 0. The molecule has 0 bridgehead atoms. The van der Waals surface area contributed by atoms with Crippen molar-refractivity contribution < 1.29 is 9.85 Å². The molecule has 0 aromatic rings. The Morgan fingerprint density at radius 1 is 1.06 bits per heavy atom. The molecule has 1 fully saturated rings. The number of hydrogen-bond acceptors (Lipinski definition) is 5. The number of nitro groups is 2. The van der Waals surface area contributed by atoms with Crippen molar-refractivity contribution in [3.05, 3.63) is 20.2 Å². The van der Waals surface area contributed by atoms with Gasteiger partial charge in [0.15, 0.2) is 0 Å². The summed E-state index contributed by atoms with van der Waals surface area (Å²) in [6, 6.07) is -0.0886. The summed E-state index contributed by atoms with van der Waals surface area (Å²) in [5.41, 5.74) is 0. The van der Waals surface area contributed by atoms with Crippen molar-refractivity contribution in [2.75, 3.05) is 26.2 Å². The Morgan fingerprint density at radius 3 is 2.11 bits per heavy atom. The normalized spacial score (nSPS) is 19.6. The topological polar surface area (TPSA) is 89.5 Å². The average Bonchev–Trinajstić information content (AvgIpc) is 2.75. The lowest BCUT2D eigenvalue weighted by molar-refractivity contribution is -0.487. The molecule has 104 valence electrons. The summed E-state index contributed by atoms with van der Waals surface area (Å²) in [7, 11) is 0. The summed E-state index contributed by atoms with van der Waals surface area (Å²) in [4.78, 5) is 22.3. The van der Waals surface area contributed by atoms with Crippen LogP contribution < -0.4 is 0 Å². The van der Waals surface area contributed by atoms with Gasteiger partial charge in [-0.15, -0.1) is 0 Å². The van der Waals surface area contributed by atoms with Gasteiger partial charge in [-0.1, -0.05) is 15.9 Å². The lowest BCUT2D eigenvalue weighted by Gasteiger charge is -2.24. The van der Waals surface area contributed by atoms with Gasteiger partial charge in [-0.05, 0) is 38.8 Å². The molecule has 0 spiro atoms. The van der Waals surface area contributed by atoms with E-state index in [0.29, 0.717) is 12.8 Å². The molecule has 1 rings (SSSR count). The fraction of sp³-hybridized carbons (Fsp3) is 1.00. The van der Waals surface area contributed by atoms with Gasteiger partial charge in [0.05, 0.1) is 10.9 Å². The van der Waals surface area contributed by atoms with Crippen LogP contribution in [0, 0.1) is 20.2 Å².